The third-order valence-electron chi connectivity index (χ3n) is 1.87. The summed E-state index contributed by atoms with van der Waals surface area (Å²) in [6, 6.07) is 2.12. The second-order valence-electron chi connectivity index (χ2n) is 2.70. The molecule has 1 fully saturated rings. The molecule has 0 aromatic carbocycles. The molecule has 1 rings (SSSR count). The van der Waals surface area contributed by atoms with Gasteiger partial charge in [-0.15, -0.1) is 0 Å². The molecule has 8 heavy (non-hydrogen) atoms. The number of aliphatic hydroxyl groups is 1. The minimum Gasteiger partial charge on any atom is -0.396 e. The summed E-state index contributed by atoms with van der Waals surface area (Å²) in [5.74, 6) is 0.118. The predicted molar refractivity (Wildman–Crippen MR) is 28.9 cm³/mol. The van der Waals surface area contributed by atoms with Gasteiger partial charge in [0.2, 0.25) is 0 Å². The molecule has 1 saturated carbocycles. The van der Waals surface area contributed by atoms with E-state index in [9.17, 15) is 0 Å². The Kier molecular flexibility index (Phi) is 1.02. The second-order valence-corrected chi connectivity index (χ2v) is 2.70. The van der Waals surface area contributed by atoms with Gasteiger partial charge in [-0.2, -0.15) is 5.26 Å². The van der Waals surface area contributed by atoms with E-state index in [1.165, 1.54) is 0 Å². The average Bonchev–Trinajstić information content (AvgIpc) is 2.44. The molecule has 1 aliphatic rings. The molecule has 0 aliphatic heterocycles. The summed E-state index contributed by atoms with van der Waals surface area (Å²) >= 11 is 0. The van der Waals surface area contributed by atoms with Crippen molar-refractivity contribution in [2.45, 2.75) is 13.3 Å². The number of aliphatic hydroxyl groups excluding tert-OH is 1. The Morgan fingerprint density at radius 2 is 2.62 bits per heavy atom. The molecule has 2 nitrogen and oxygen atoms in total. The fraction of sp³-hybridized carbons (Fsp3) is 0.833. The molecule has 0 bridgehead atoms. The van der Waals surface area contributed by atoms with Crippen molar-refractivity contribution in [3.63, 3.8) is 0 Å². The topological polar surface area (TPSA) is 44.0 Å². The van der Waals surface area contributed by atoms with Crippen LogP contribution in [0.25, 0.3) is 0 Å². The molecule has 0 aromatic heterocycles. The van der Waals surface area contributed by atoms with Crippen LogP contribution in [0.15, 0.2) is 0 Å². The first-order valence-electron chi connectivity index (χ1n) is 2.73. The lowest BCUT2D eigenvalue weighted by Crippen LogP contribution is -2.02. The van der Waals surface area contributed by atoms with E-state index in [-0.39, 0.29) is 17.9 Å². The van der Waals surface area contributed by atoms with Crippen LogP contribution in [0.2, 0.25) is 0 Å². The maximum absolute atomic E-state index is 8.62. The zero-order valence-corrected chi connectivity index (χ0v) is 4.89. The third kappa shape index (κ3) is 0.597. The van der Waals surface area contributed by atoms with Crippen LogP contribution in [-0.2, 0) is 0 Å². The Labute approximate surface area is 48.7 Å². The summed E-state index contributed by atoms with van der Waals surface area (Å²) in [7, 11) is 0. The van der Waals surface area contributed by atoms with Gasteiger partial charge in [0.1, 0.15) is 0 Å². The Morgan fingerprint density at radius 1 is 2.00 bits per heavy atom. The quantitative estimate of drug-likeness (QED) is 0.536. The van der Waals surface area contributed by atoms with Gasteiger partial charge in [0.15, 0.2) is 0 Å². The molecule has 0 amide bonds. The standard InChI is InChI=1S/C6H9NO/c1-6(4-8)2-5(6)3-7/h5,8H,2,4H2,1H3/t5-,6-/m0/s1. The van der Waals surface area contributed by atoms with Crippen molar-refractivity contribution in [2.75, 3.05) is 6.61 Å². The largest absolute Gasteiger partial charge is 0.396 e. The Bertz CT molecular complexity index is 138. The van der Waals surface area contributed by atoms with Crippen molar-refractivity contribution in [1.82, 2.24) is 0 Å². The van der Waals surface area contributed by atoms with Gasteiger partial charge >= 0.3 is 0 Å². The van der Waals surface area contributed by atoms with Gasteiger partial charge in [-0.3, -0.25) is 0 Å². The highest BCUT2D eigenvalue weighted by atomic mass is 16.3. The van der Waals surface area contributed by atoms with Crippen molar-refractivity contribution < 1.29 is 5.11 Å². The van der Waals surface area contributed by atoms with E-state index >= 15 is 0 Å². The van der Waals surface area contributed by atoms with Crippen LogP contribution < -0.4 is 0 Å². The summed E-state index contributed by atoms with van der Waals surface area (Å²) in [4.78, 5) is 0. The van der Waals surface area contributed by atoms with Gasteiger partial charge in [-0.05, 0) is 6.42 Å². The fourth-order valence-corrected chi connectivity index (χ4v) is 0.784. The van der Waals surface area contributed by atoms with Crippen molar-refractivity contribution in [2.24, 2.45) is 11.3 Å². The third-order valence-corrected chi connectivity index (χ3v) is 1.87. The number of nitrogens with zero attached hydrogens (tertiary/aromatic N) is 1. The molecule has 44 valence electrons. The molecule has 0 saturated heterocycles. The lowest BCUT2D eigenvalue weighted by atomic mass is 10.1. The van der Waals surface area contributed by atoms with Gasteiger partial charge in [-0.1, -0.05) is 6.92 Å². The van der Waals surface area contributed by atoms with E-state index in [1.807, 2.05) is 6.92 Å². The van der Waals surface area contributed by atoms with Gasteiger partial charge in [0.25, 0.3) is 0 Å². The summed E-state index contributed by atoms with van der Waals surface area (Å²) in [5, 5.41) is 16.9. The average molecular weight is 111 g/mol. The Balaban J connectivity index is 2.46. The van der Waals surface area contributed by atoms with Gasteiger partial charge < -0.3 is 5.11 Å². The minimum atomic E-state index is -0.0469. The molecule has 0 heterocycles. The number of rotatable bonds is 1. The highest BCUT2D eigenvalue weighted by Crippen LogP contribution is 2.50. The molecule has 2 heteroatoms. The van der Waals surface area contributed by atoms with Crippen molar-refractivity contribution in [3.05, 3.63) is 0 Å². The maximum atomic E-state index is 8.62. The van der Waals surface area contributed by atoms with Crippen LogP contribution in [0.1, 0.15) is 13.3 Å². The lowest BCUT2D eigenvalue weighted by Gasteiger charge is -1.98. The lowest BCUT2D eigenvalue weighted by molar-refractivity contribution is 0.218. The fourth-order valence-electron chi connectivity index (χ4n) is 0.784. The van der Waals surface area contributed by atoms with Crippen LogP contribution in [0.3, 0.4) is 0 Å². The molecular weight excluding hydrogens is 102 g/mol. The molecule has 2 atom stereocenters. The van der Waals surface area contributed by atoms with Gasteiger partial charge in [0.05, 0.1) is 12.0 Å². The normalized spacial score (nSPS) is 43.4. The smallest absolute Gasteiger partial charge is 0.0662 e. The van der Waals surface area contributed by atoms with E-state index in [0.717, 1.165) is 6.42 Å². The Hall–Kier alpha value is -0.550. The van der Waals surface area contributed by atoms with Crippen LogP contribution in [0, 0.1) is 22.7 Å². The number of hydrogen-bond acceptors (Lipinski definition) is 2. The number of hydrogen-bond donors (Lipinski definition) is 1. The Morgan fingerprint density at radius 3 is 2.75 bits per heavy atom. The first-order valence-corrected chi connectivity index (χ1v) is 2.73. The molecule has 0 aromatic rings. The zero-order valence-electron chi connectivity index (χ0n) is 4.89. The summed E-state index contributed by atoms with van der Waals surface area (Å²) in [5.41, 5.74) is -0.0469. The number of nitriles is 1. The van der Waals surface area contributed by atoms with E-state index in [2.05, 4.69) is 6.07 Å². The van der Waals surface area contributed by atoms with Crippen LogP contribution in [0.5, 0.6) is 0 Å². The summed E-state index contributed by atoms with van der Waals surface area (Å²) < 4.78 is 0. The van der Waals surface area contributed by atoms with Crippen molar-refractivity contribution >= 4 is 0 Å². The molecular formula is C6H9NO. The monoisotopic (exact) mass is 111 g/mol. The summed E-state index contributed by atoms with van der Waals surface area (Å²) in [6.45, 7) is 2.09. The van der Waals surface area contributed by atoms with Crippen LogP contribution >= 0.6 is 0 Å². The maximum Gasteiger partial charge on any atom is 0.0662 e. The highest BCUT2D eigenvalue weighted by Gasteiger charge is 2.49. The molecule has 1 N–H and O–H groups in total. The predicted octanol–water partition coefficient (Wildman–Crippen LogP) is 0.528. The van der Waals surface area contributed by atoms with E-state index in [4.69, 9.17) is 10.4 Å². The van der Waals surface area contributed by atoms with E-state index in [1.54, 1.807) is 0 Å². The summed E-state index contributed by atoms with van der Waals surface area (Å²) in [6.07, 6.45) is 0.875. The van der Waals surface area contributed by atoms with Crippen LogP contribution in [0.4, 0.5) is 0 Å². The SMILES string of the molecule is C[C@@]1(CO)C[C@H]1C#N. The van der Waals surface area contributed by atoms with Crippen molar-refractivity contribution in [3.8, 4) is 6.07 Å². The second kappa shape index (κ2) is 1.46. The molecule has 0 radical (unpaired) electrons. The molecule has 1 aliphatic carbocycles. The first kappa shape index (κ1) is 5.58. The molecule has 0 spiro atoms. The van der Waals surface area contributed by atoms with E-state index in [0.29, 0.717) is 0 Å². The van der Waals surface area contributed by atoms with Crippen LogP contribution in [-0.4, -0.2) is 11.7 Å². The van der Waals surface area contributed by atoms with Gasteiger partial charge in [-0.25, -0.2) is 0 Å². The first-order chi connectivity index (χ1) is 3.73. The molecule has 0 unspecified atom stereocenters. The van der Waals surface area contributed by atoms with E-state index < -0.39 is 0 Å². The van der Waals surface area contributed by atoms with Gasteiger partial charge in [0, 0.05) is 12.0 Å². The van der Waals surface area contributed by atoms with Crippen molar-refractivity contribution in [1.29, 1.82) is 5.26 Å². The zero-order chi connectivity index (χ0) is 6.20. The minimum absolute atomic E-state index is 0.0469. The highest BCUT2D eigenvalue weighted by molar-refractivity contribution is 5.09.